The number of amides is 1. The fourth-order valence-electron chi connectivity index (χ4n) is 5.02. The third-order valence-electron chi connectivity index (χ3n) is 6.90. The molecule has 0 bridgehead atoms. The zero-order chi connectivity index (χ0) is 25.0. The third-order valence-corrected chi connectivity index (χ3v) is 6.90. The first kappa shape index (κ1) is 23.6. The van der Waals surface area contributed by atoms with Crippen LogP contribution in [0.1, 0.15) is 48.2 Å². The highest BCUT2D eigenvalue weighted by Crippen LogP contribution is 2.43. The van der Waals surface area contributed by atoms with E-state index in [0.717, 1.165) is 22.5 Å². The van der Waals surface area contributed by atoms with Crippen LogP contribution in [0.4, 0.5) is 0 Å². The summed E-state index contributed by atoms with van der Waals surface area (Å²) in [4.78, 5) is 21.6. The van der Waals surface area contributed by atoms with Crippen molar-refractivity contribution in [2.45, 2.75) is 38.0 Å². The van der Waals surface area contributed by atoms with E-state index in [9.17, 15) is 4.79 Å². The molecule has 180 valence electrons. The smallest absolute Gasteiger partial charge is 0.250 e. The standard InChI is InChI=1S/C32H31N3O/c1-24(26-17-9-4-10-18-26)33-31(36)32(2)29(27-19-11-5-12-20-27)35(23-25-15-7-3-8-16-25)30(34-32)28-21-13-6-14-22-28/h3-22,24,29H,23H2,1-2H3,(H,33,36). The van der Waals surface area contributed by atoms with Crippen molar-refractivity contribution in [2.24, 2.45) is 4.99 Å². The minimum atomic E-state index is -1.02. The molecule has 0 radical (unpaired) electrons. The maximum atomic E-state index is 14.1. The van der Waals surface area contributed by atoms with Crippen LogP contribution >= 0.6 is 0 Å². The molecule has 0 fully saturated rings. The Kier molecular flexibility index (Phi) is 6.68. The van der Waals surface area contributed by atoms with E-state index in [4.69, 9.17) is 4.99 Å². The van der Waals surface area contributed by atoms with Crippen molar-refractivity contribution in [3.63, 3.8) is 0 Å². The molecule has 0 saturated heterocycles. The molecule has 1 N–H and O–H groups in total. The van der Waals surface area contributed by atoms with E-state index >= 15 is 0 Å². The molecule has 0 aromatic heterocycles. The zero-order valence-corrected chi connectivity index (χ0v) is 20.7. The third kappa shape index (κ3) is 4.67. The predicted octanol–water partition coefficient (Wildman–Crippen LogP) is 6.33. The van der Waals surface area contributed by atoms with E-state index in [2.05, 4.69) is 58.7 Å². The summed E-state index contributed by atoms with van der Waals surface area (Å²) in [6, 6.07) is 40.4. The van der Waals surface area contributed by atoms with Crippen LogP contribution in [0.15, 0.2) is 126 Å². The van der Waals surface area contributed by atoms with Crippen LogP contribution in [0.2, 0.25) is 0 Å². The number of aliphatic imine (C=N–C) groups is 1. The number of rotatable bonds is 7. The van der Waals surface area contributed by atoms with Crippen molar-refractivity contribution < 1.29 is 4.79 Å². The van der Waals surface area contributed by atoms with Gasteiger partial charge in [-0.15, -0.1) is 0 Å². The molecule has 0 aliphatic carbocycles. The Morgan fingerprint density at radius 1 is 0.833 bits per heavy atom. The van der Waals surface area contributed by atoms with E-state index in [0.29, 0.717) is 6.54 Å². The number of hydrogen-bond donors (Lipinski definition) is 1. The predicted molar refractivity (Wildman–Crippen MR) is 146 cm³/mol. The first-order valence-electron chi connectivity index (χ1n) is 12.4. The molecule has 5 rings (SSSR count). The van der Waals surface area contributed by atoms with Crippen LogP contribution in [-0.4, -0.2) is 22.2 Å². The number of amidine groups is 1. The number of nitrogens with one attached hydrogen (secondary N) is 1. The largest absolute Gasteiger partial charge is 0.347 e. The van der Waals surface area contributed by atoms with Crippen LogP contribution in [0, 0.1) is 0 Å². The second kappa shape index (κ2) is 10.2. The summed E-state index contributed by atoms with van der Waals surface area (Å²) in [6.45, 7) is 4.63. The van der Waals surface area contributed by atoms with Gasteiger partial charge in [-0.05, 0) is 30.5 Å². The van der Waals surface area contributed by atoms with Gasteiger partial charge in [0.2, 0.25) is 0 Å². The molecule has 4 aromatic rings. The Labute approximate surface area is 213 Å². The van der Waals surface area contributed by atoms with Gasteiger partial charge in [-0.2, -0.15) is 0 Å². The molecule has 3 unspecified atom stereocenters. The average molecular weight is 474 g/mol. The Balaban J connectivity index is 1.59. The van der Waals surface area contributed by atoms with Crippen molar-refractivity contribution in [2.75, 3.05) is 0 Å². The van der Waals surface area contributed by atoms with Gasteiger partial charge in [0.1, 0.15) is 5.84 Å². The topological polar surface area (TPSA) is 44.7 Å². The molecule has 0 spiro atoms. The van der Waals surface area contributed by atoms with Gasteiger partial charge in [0.15, 0.2) is 5.54 Å². The highest BCUT2D eigenvalue weighted by atomic mass is 16.2. The molecule has 1 aliphatic rings. The normalized spacial score (nSPS) is 20.0. The molecule has 3 atom stereocenters. The lowest BCUT2D eigenvalue weighted by Crippen LogP contribution is -2.49. The molecule has 4 heteroatoms. The van der Waals surface area contributed by atoms with Gasteiger partial charge in [0.05, 0.1) is 12.1 Å². The lowest BCUT2D eigenvalue weighted by Gasteiger charge is -2.36. The number of carbonyl (C=O) groups excluding carboxylic acids is 1. The SMILES string of the molecule is CC(NC(=O)C1(C)N=C(c2ccccc2)N(Cc2ccccc2)C1c1ccccc1)c1ccccc1. The van der Waals surface area contributed by atoms with Crippen LogP contribution in [0.5, 0.6) is 0 Å². The van der Waals surface area contributed by atoms with Gasteiger partial charge >= 0.3 is 0 Å². The van der Waals surface area contributed by atoms with Gasteiger partial charge in [-0.1, -0.05) is 121 Å². The molecule has 36 heavy (non-hydrogen) atoms. The monoisotopic (exact) mass is 473 g/mol. The van der Waals surface area contributed by atoms with E-state index in [1.54, 1.807) is 0 Å². The summed E-state index contributed by atoms with van der Waals surface area (Å²) < 4.78 is 0. The van der Waals surface area contributed by atoms with Crippen LogP contribution in [0.3, 0.4) is 0 Å². The molecular weight excluding hydrogens is 442 g/mol. The fourth-order valence-corrected chi connectivity index (χ4v) is 5.02. The van der Waals surface area contributed by atoms with Crippen molar-refractivity contribution in [3.8, 4) is 0 Å². The fraction of sp³-hybridized carbons (Fsp3) is 0.188. The summed E-state index contributed by atoms with van der Waals surface area (Å²) in [7, 11) is 0. The summed E-state index contributed by atoms with van der Waals surface area (Å²) in [5.41, 5.74) is 3.28. The van der Waals surface area contributed by atoms with Gasteiger partial charge in [0, 0.05) is 12.1 Å². The number of nitrogens with zero attached hydrogens (tertiary/aromatic N) is 2. The van der Waals surface area contributed by atoms with Crippen LogP contribution < -0.4 is 5.32 Å². The minimum absolute atomic E-state index is 0.0864. The summed E-state index contributed by atoms with van der Waals surface area (Å²) in [5, 5.41) is 3.26. The quantitative estimate of drug-likeness (QED) is 0.341. The first-order valence-corrected chi connectivity index (χ1v) is 12.4. The minimum Gasteiger partial charge on any atom is -0.347 e. The Morgan fingerprint density at radius 2 is 1.36 bits per heavy atom. The molecule has 1 amide bonds. The Morgan fingerprint density at radius 3 is 1.97 bits per heavy atom. The number of hydrogen-bond acceptors (Lipinski definition) is 3. The van der Waals surface area contributed by atoms with Crippen molar-refractivity contribution >= 4 is 11.7 Å². The zero-order valence-electron chi connectivity index (χ0n) is 20.7. The van der Waals surface area contributed by atoms with E-state index in [1.807, 2.05) is 86.6 Å². The highest BCUT2D eigenvalue weighted by Gasteiger charge is 2.51. The molecule has 4 nitrogen and oxygen atoms in total. The summed E-state index contributed by atoms with van der Waals surface area (Å²) in [6.07, 6.45) is 0. The lowest BCUT2D eigenvalue weighted by molar-refractivity contribution is -0.127. The van der Waals surface area contributed by atoms with Crippen LogP contribution in [-0.2, 0) is 11.3 Å². The Bertz CT molecular complexity index is 1320. The lowest BCUT2D eigenvalue weighted by atomic mass is 9.86. The van der Waals surface area contributed by atoms with Gasteiger partial charge in [-0.3, -0.25) is 4.79 Å². The van der Waals surface area contributed by atoms with Crippen molar-refractivity contribution in [1.29, 1.82) is 0 Å². The van der Waals surface area contributed by atoms with Crippen LogP contribution in [0.25, 0.3) is 0 Å². The van der Waals surface area contributed by atoms with Crippen molar-refractivity contribution in [3.05, 3.63) is 144 Å². The van der Waals surface area contributed by atoms with Gasteiger partial charge < -0.3 is 10.2 Å². The van der Waals surface area contributed by atoms with E-state index in [-0.39, 0.29) is 18.0 Å². The second-order valence-electron chi connectivity index (χ2n) is 9.48. The van der Waals surface area contributed by atoms with Gasteiger partial charge in [0.25, 0.3) is 5.91 Å². The second-order valence-corrected chi connectivity index (χ2v) is 9.48. The molecule has 4 aromatic carbocycles. The highest BCUT2D eigenvalue weighted by molar-refractivity contribution is 6.04. The number of carbonyl (C=O) groups is 1. The summed E-state index contributed by atoms with van der Waals surface area (Å²) in [5.74, 6) is 0.745. The van der Waals surface area contributed by atoms with Crippen molar-refractivity contribution in [1.82, 2.24) is 10.2 Å². The summed E-state index contributed by atoms with van der Waals surface area (Å²) >= 11 is 0. The number of benzene rings is 4. The van der Waals surface area contributed by atoms with E-state index in [1.165, 1.54) is 5.56 Å². The first-order chi connectivity index (χ1) is 17.6. The van der Waals surface area contributed by atoms with Gasteiger partial charge in [-0.25, -0.2) is 4.99 Å². The Hall–Kier alpha value is -4.18. The molecule has 1 heterocycles. The average Bonchev–Trinajstić information content (AvgIpc) is 3.23. The maximum absolute atomic E-state index is 14.1. The molecule has 1 aliphatic heterocycles. The van der Waals surface area contributed by atoms with E-state index < -0.39 is 5.54 Å². The maximum Gasteiger partial charge on any atom is 0.250 e. The molecule has 0 saturated carbocycles. The molecular formula is C32H31N3O.